The molecule has 0 aliphatic carbocycles. The average molecular weight is 361 g/mol. The molecular formula is C12H11Br2NO2. The molecule has 0 N–H and O–H groups in total. The van der Waals surface area contributed by atoms with E-state index in [0.29, 0.717) is 23.7 Å². The van der Waals surface area contributed by atoms with E-state index < -0.39 is 11.7 Å². The van der Waals surface area contributed by atoms with E-state index in [2.05, 4.69) is 31.9 Å². The highest BCUT2D eigenvalue weighted by atomic mass is 79.9. The lowest BCUT2D eigenvalue weighted by atomic mass is 10.1. The summed E-state index contributed by atoms with van der Waals surface area (Å²) >= 11 is 6.74. The van der Waals surface area contributed by atoms with Gasteiger partial charge in [-0.15, -0.1) is 0 Å². The average Bonchev–Trinajstić information content (AvgIpc) is 2.54. The Morgan fingerprint density at radius 2 is 2.06 bits per heavy atom. The predicted molar refractivity (Wildman–Crippen MR) is 73.8 cm³/mol. The number of hydrogen-bond donors (Lipinski definition) is 0. The largest absolute Gasteiger partial charge is 0.304 e. The summed E-state index contributed by atoms with van der Waals surface area (Å²) in [6, 6.07) is 5.29. The van der Waals surface area contributed by atoms with Gasteiger partial charge in [0.2, 0.25) is 0 Å². The van der Waals surface area contributed by atoms with Crippen molar-refractivity contribution in [2.45, 2.75) is 6.92 Å². The minimum atomic E-state index is -0.425. The zero-order valence-electron chi connectivity index (χ0n) is 9.24. The number of anilines is 1. The molecule has 0 bridgehead atoms. The molecule has 1 amide bonds. The summed E-state index contributed by atoms with van der Waals surface area (Å²) in [6.45, 7) is 2.59. The maximum atomic E-state index is 11.9. The van der Waals surface area contributed by atoms with E-state index in [4.69, 9.17) is 0 Å². The quantitative estimate of drug-likeness (QED) is 0.613. The fourth-order valence-corrected chi connectivity index (χ4v) is 2.36. The van der Waals surface area contributed by atoms with Gasteiger partial charge in [0.05, 0.1) is 11.3 Å². The van der Waals surface area contributed by atoms with E-state index in [1.807, 2.05) is 13.0 Å². The van der Waals surface area contributed by atoms with Crippen LogP contribution in [0.2, 0.25) is 0 Å². The number of carbonyl (C=O) groups excluding carboxylic acids is 2. The molecule has 0 fully saturated rings. The zero-order chi connectivity index (χ0) is 12.6. The molecule has 1 atom stereocenters. The molecule has 2 rings (SSSR count). The van der Waals surface area contributed by atoms with Crippen LogP contribution in [0.1, 0.15) is 17.3 Å². The summed E-state index contributed by atoms with van der Waals surface area (Å²) in [6.07, 6.45) is 0. The van der Waals surface area contributed by atoms with Gasteiger partial charge in [-0.25, -0.2) is 0 Å². The third-order valence-electron chi connectivity index (χ3n) is 2.69. The second kappa shape index (κ2) is 4.90. The van der Waals surface area contributed by atoms with Crippen molar-refractivity contribution in [2.75, 3.05) is 16.8 Å². The third-order valence-corrected chi connectivity index (χ3v) is 4.29. The van der Waals surface area contributed by atoms with Crippen molar-refractivity contribution < 1.29 is 9.59 Å². The number of amides is 1. The molecule has 0 aromatic heterocycles. The van der Waals surface area contributed by atoms with Gasteiger partial charge in [-0.3, -0.25) is 9.59 Å². The van der Waals surface area contributed by atoms with Crippen LogP contribution in [0.15, 0.2) is 22.7 Å². The minimum absolute atomic E-state index is 0.302. The Morgan fingerprint density at radius 1 is 1.35 bits per heavy atom. The van der Waals surface area contributed by atoms with E-state index in [1.54, 1.807) is 17.0 Å². The van der Waals surface area contributed by atoms with Crippen LogP contribution >= 0.6 is 31.9 Å². The molecule has 1 aromatic carbocycles. The molecule has 1 aromatic rings. The van der Waals surface area contributed by atoms with Gasteiger partial charge < -0.3 is 4.90 Å². The number of carbonyl (C=O) groups is 2. The van der Waals surface area contributed by atoms with Crippen molar-refractivity contribution in [3.05, 3.63) is 28.2 Å². The number of fused-ring (bicyclic) bond motifs is 1. The monoisotopic (exact) mass is 359 g/mol. The van der Waals surface area contributed by atoms with Gasteiger partial charge in [0.25, 0.3) is 11.7 Å². The molecule has 1 unspecified atom stereocenters. The topological polar surface area (TPSA) is 37.4 Å². The lowest BCUT2D eigenvalue weighted by molar-refractivity contribution is -0.114. The van der Waals surface area contributed by atoms with Gasteiger partial charge in [-0.2, -0.15) is 0 Å². The van der Waals surface area contributed by atoms with Gasteiger partial charge in [0.15, 0.2) is 0 Å². The van der Waals surface area contributed by atoms with Crippen LogP contribution < -0.4 is 4.90 Å². The highest BCUT2D eigenvalue weighted by Crippen LogP contribution is 2.32. The molecule has 1 aliphatic rings. The number of rotatable bonds is 3. The first kappa shape index (κ1) is 12.8. The number of benzene rings is 1. The highest BCUT2D eigenvalue weighted by molar-refractivity contribution is 9.10. The van der Waals surface area contributed by atoms with Crippen LogP contribution in [-0.4, -0.2) is 23.6 Å². The number of Topliss-reactive ketones (excluding diaryl/α,β-unsaturated/α-hetero) is 1. The molecule has 5 heteroatoms. The number of hydrogen-bond acceptors (Lipinski definition) is 2. The molecule has 0 spiro atoms. The zero-order valence-corrected chi connectivity index (χ0v) is 12.4. The van der Waals surface area contributed by atoms with Gasteiger partial charge in [-0.05, 0) is 24.1 Å². The van der Waals surface area contributed by atoms with E-state index in [-0.39, 0.29) is 0 Å². The van der Waals surface area contributed by atoms with E-state index >= 15 is 0 Å². The maximum Gasteiger partial charge on any atom is 0.299 e. The van der Waals surface area contributed by atoms with Crippen LogP contribution in [0.5, 0.6) is 0 Å². The lowest BCUT2D eigenvalue weighted by Crippen LogP contribution is -2.34. The molecule has 1 heterocycles. The number of halogens is 2. The van der Waals surface area contributed by atoms with Crippen LogP contribution in [-0.2, 0) is 4.79 Å². The van der Waals surface area contributed by atoms with Crippen LogP contribution in [0.4, 0.5) is 5.69 Å². The number of ketones is 1. The summed E-state index contributed by atoms with van der Waals surface area (Å²) < 4.78 is 0.871. The Kier molecular flexibility index (Phi) is 3.68. The first-order valence-corrected chi connectivity index (χ1v) is 7.17. The van der Waals surface area contributed by atoms with Crippen molar-refractivity contribution in [2.24, 2.45) is 5.92 Å². The minimum Gasteiger partial charge on any atom is -0.304 e. The predicted octanol–water partition coefficient (Wildman–Crippen LogP) is 3.01. The standard InChI is InChI=1S/C12H11Br2NO2/c1-7(5-13)6-15-10-4-8(14)2-3-9(10)11(16)12(15)17/h2-4,7H,5-6H2,1H3. The Hall–Kier alpha value is -0.680. The molecule has 0 saturated carbocycles. The second-order valence-corrected chi connectivity index (χ2v) is 5.73. The van der Waals surface area contributed by atoms with Crippen molar-refractivity contribution in [1.29, 1.82) is 0 Å². The van der Waals surface area contributed by atoms with Crippen molar-refractivity contribution in [3.8, 4) is 0 Å². The third kappa shape index (κ3) is 2.31. The molecule has 0 radical (unpaired) electrons. The molecule has 90 valence electrons. The summed E-state index contributed by atoms with van der Waals surface area (Å²) in [5, 5.41) is 0.800. The van der Waals surface area contributed by atoms with Gasteiger partial charge in [0.1, 0.15) is 0 Å². The van der Waals surface area contributed by atoms with E-state index in [0.717, 1.165) is 9.80 Å². The summed E-state index contributed by atoms with van der Waals surface area (Å²) in [5.41, 5.74) is 1.21. The summed E-state index contributed by atoms with van der Waals surface area (Å²) in [4.78, 5) is 25.2. The van der Waals surface area contributed by atoms with Crippen molar-refractivity contribution in [1.82, 2.24) is 0 Å². The smallest absolute Gasteiger partial charge is 0.299 e. The van der Waals surface area contributed by atoms with E-state index in [9.17, 15) is 9.59 Å². The first-order chi connectivity index (χ1) is 8.04. The Balaban J connectivity index is 2.39. The molecule has 1 aliphatic heterocycles. The fraction of sp³-hybridized carbons (Fsp3) is 0.333. The Bertz CT molecular complexity index is 487. The first-order valence-electron chi connectivity index (χ1n) is 5.26. The fourth-order valence-electron chi connectivity index (χ4n) is 1.81. The number of alkyl halides is 1. The normalized spacial score (nSPS) is 16.3. The van der Waals surface area contributed by atoms with Gasteiger partial charge in [0, 0.05) is 16.3 Å². The molecule has 0 saturated heterocycles. The van der Waals surface area contributed by atoms with Crippen LogP contribution in [0.25, 0.3) is 0 Å². The summed E-state index contributed by atoms with van der Waals surface area (Å²) in [7, 11) is 0. The van der Waals surface area contributed by atoms with Crippen LogP contribution in [0.3, 0.4) is 0 Å². The van der Waals surface area contributed by atoms with Crippen molar-refractivity contribution >= 4 is 49.2 Å². The SMILES string of the molecule is CC(CBr)CN1C(=O)C(=O)c2ccc(Br)cc21. The second-order valence-electron chi connectivity index (χ2n) is 4.17. The van der Waals surface area contributed by atoms with Gasteiger partial charge in [-0.1, -0.05) is 38.8 Å². The Morgan fingerprint density at radius 3 is 2.71 bits per heavy atom. The summed E-state index contributed by atoms with van der Waals surface area (Å²) in [5.74, 6) is -0.531. The maximum absolute atomic E-state index is 11.9. The molecule has 17 heavy (non-hydrogen) atoms. The highest BCUT2D eigenvalue weighted by Gasteiger charge is 2.36. The Labute approximate surface area is 116 Å². The van der Waals surface area contributed by atoms with Crippen molar-refractivity contribution in [3.63, 3.8) is 0 Å². The molecular weight excluding hydrogens is 350 g/mol. The van der Waals surface area contributed by atoms with E-state index in [1.165, 1.54) is 0 Å². The van der Waals surface area contributed by atoms with Gasteiger partial charge >= 0.3 is 0 Å². The number of nitrogens with zero attached hydrogens (tertiary/aromatic N) is 1. The van der Waals surface area contributed by atoms with Crippen LogP contribution in [0, 0.1) is 5.92 Å². The lowest BCUT2D eigenvalue weighted by Gasteiger charge is -2.19. The molecule has 3 nitrogen and oxygen atoms in total.